The molecule has 0 fully saturated rings. The van der Waals surface area contributed by atoms with E-state index in [-0.39, 0.29) is 11.9 Å². The Balaban J connectivity index is 1.92. The molecule has 0 amide bonds. The zero-order valence-electron chi connectivity index (χ0n) is 10.4. The summed E-state index contributed by atoms with van der Waals surface area (Å²) in [5.41, 5.74) is 2.81. The molecule has 1 N–H and O–H groups in total. The van der Waals surface area contributed by atoms with Gasteiger partial charge in [-0.2, -0.15) is 0 Å². The Morgan fingerprint density at radius 1 is 1.53 bits per heavy atom. The summed E-state index contributed by atoms with van der Waals surface area (Å²) in [5.74, 6) is -0.239. The minimum Gasteiger partial charge on any atom is -0.469 e. The highest BCUT2D eigenvalue weighted by Gasteiger charge is 2.23. The van der Waals surface area contributed by atoms with E-state index in [4.69, 9.17) is 4.74 Å². The van der Waals surface area contributed by atoms with E-state index in [1.165, 1.54) is 18.2 Å². The van der Waals surface area contributed by atoms with Gasteiger partial charge in [-0.25, -0.2) is 0 Å². The first-order valence-electron chi connectivity index (χ1n) is 6.11. The number of carbonyl (C=O) groups is 1. The molecule has 0 heterocycles. The molecule has 0 saturated carbocycles. The monoisotopic (exact) mass is 233 g/mol. The number of benzene rings is 1. The van der Waals surface area contributed by atoms with Gasteiger partial charge >= 0.3 is 5.97 Å². The summed E-state index contributed by atoms with van der Waals surface area (Å²) >= 11 is 0. The molecule has 1 aromatic carbocycles. The molecule has 1 aromatic rings. The molecular formula is C14H19NO2. The van der Waals surface area contributed by atoms with Crippen LogP contribution in [0.2, 0.25) is 0 Å². The Kier molecular flexibility index (Phi) is 3.79. The molecule has 0 aliphatic heterocycles. The van der Waals surface area contributed by atoms with Crippen molar-refractivity contribution < 1.29 is 9.53 Å². The van der Waals surface area contributed by atoms with Gasteiger partial charge in [0.2, 0.25) is 0 Å². The van der Waals surface area contributed by atoms with E-state index < -0.39 is 0 Å². The van der Waals surface area contributed by atoms with Crippen LogP contribution < -0.4 is 5.32 Å². The molecule has 3 heteroatoms. The van der Waals surface area contributed by atoms with E-state index in [9.17, 15) is 4.79 Å². The molecular weight excluding hydrogens is 214 g/mol. The van der Waals surface area contributed by atoms with Crippen LogP contribution in [0.15, 0.2) is 24.3 Å². The molecule has 3 nitrogen and oxygen atoms in total. The summed E-state index contributed by atoms with van der Waals surface area (Å²) in [6.45, 7) is 2.56. The molecule has 92 valence electrons. The van der Waals surface area contributed by atoms with Crippen molar-refractivity contribution in [3.63, 3.8) is 0 Å². The fourth-order valence-electron chi connectivity index (χ4n) is 2.37. The quantitative estimate of drug-likeness (QED) is 0.809. The SMILES string of the molecule is COC(=O)C(C)CNC1CCc2ccccc21. The molecule has 2 atom stereocenters. The number of rotatable bonds is 4. The van der Waals surface area contributed by atoms with Crippen LogP contribution in [0.25, 0.3) is 0 Å². The van der Waals surface area contributed by atoms with Crippen LogP contribution >= 0.6 is 0 Å². The Bertz CT molecular complexity index is 403. The minimum atomic E-state index is -0.149. The zero-order chi connectivity index (χ0) is 12.3. The van der Waals surface area contributed by atoms with Gasteiger partial charge in [-0.15, -0.1) is 0 Å². The normalized spacial score (nSPS) is 19.8. The van der Waals surface area contributed by atoms with Gasteiger partial charge in [0.25, 0.3) is 0 Å². The van der Waals surface area contributed by atoms with E-state index in [1.54, 1.807) is 0 Å². The lowest BCUT2D eigenvalue weighted by molar-refractivity contribution is -0.144. The molecule has 0 saturated heterocycles. The van der Waals surface area contributed by atoms with E-state index in [2.05, 4.69) is 29.6 Å². The van der Waals surface area contributed by atoms with Gasteiger partial charge in [-0.05, 0) is 24.0 Å². The average Bonchev–Trinajstić information content (AvgIpc) is 2.78. The van der Waals surface area contributed by atoms with Gasteiger partial charge in [-0.1, -0.05) is 31.2 Å². The topological polar surface area (TPSA) is 38.3 Å². The summed E-state index contributed by atoms with van der Waals surface area (Å²) in [4.78, 5) is 11.3. The van der Waals surface area contributed by atoms with Crippen LogP contribution in [0.4, 0.5) is 0 Å². The van der Waals surface area contributed by atoms with Crippen LogP contribution in [0, 0.1) is 5.92 Å². The number of nitrogens with one attached hydrogen (secondary N) is 1. The van der Waals surface area contributed by atoms with Crippen molar-refractivity contribution in [1.82, 2.24) is 5.32 Å². The van der Waals surface area contributed by atoms with Crippen molar-refractivity contribution in [2.45, 2.75) is 25.8 Å². The Labute approximate surface area is 102 Å². The predicted octanol–water partition coefficient (Wildman–Crippen LogP) is 2.07. The molecule has 1 aliphatic carbocycles. The molecule has 0 spiro atoms. The number of hydrogen-bond donors (Lipinski definition) is 1. The third kappa shape index (κ3) is 2.67. The lowest BCUT2D eigenvalue weighted by Crippen LogP contribution is -2.29. The van der Waals surface area contributed by atoms with Crippen molar-refractivity contribution in [1.29, 1.82) is 0 Å². The third-order valence-corrected chi connectivity index (χ3v) is 3.41. The van der Waals surface area contributed by atoms with Gasteiger partial charge < -0.3 is 10.1 Å². The summed E-state index contributed by atoms with van der Waals surface area (Å²) < 4.78 is 4.72. The molecule has 0 radical (unpaired) electrons. The van der Waals surface area contributed by atoms with Gasteiger partial charge in [0.15, 0.2) is 0 Å². The third-order valence-electron chi connectivity index (χ3n) is 3.41. The maximum absolute atomic E-state index is 11.3. The lowest BCUT2D eigenvalue weighted by Gasteiger charge is -2.16. The Hall–Kier alpha value is -1.35. The van der Waals surface area contributed by atoms with Crippen molar-refractivity contribution in [3.05, 3.63) is 35.4 Å². The fourth-order valence-corrected chi connectivity index (χ4v) is 2.37. The van der Waals surface area contributed by atoms with Crippen molar-refractivity contribution in [2.24, 2.45) is 5.92 Å². The van der Waals surface area contributed by atoms with Crippen molar-refractivity contribution in [2.75, 3.05) is 13.7 Å². The lowest BCUT2D eigenvalue weighted by atomic mass is 10.1. The van der Waals surface area contributed by atoms with Crippen molar-refractivity contribution in [3.8, 4) is 0 Å². The van der Waals surface area contributed by atoms with Crippen LogP contribution in [0.5, 0.6) is 0 Å². The van der Waals surface area contributed by atoms with E-state index >= 15 is 0 Å². The number of carbonyl (C=O) groups excluding carboxylic acids is 1. The van der Waals surface area contributed by atoms with E-state index in [1.807, 2.05) is 6.92 Å². The van der Waals surface area contributed by atoms with Gasteiger partial charge in [0.1, 0.15) is 0 Å². The van der Waals surface area contributed by atoms with E-state index in [0.717, 1.165) is 12.8 Å². The maximum Gasteiger partial charge on any atom is 0.309 e. The zero-order valence-corrected chi connectivity index (χ0v) is 10.4. The molecule has 0 bridgehead atoms. The number of esters is 1. The first kappa shape index (κ1) is 12.1. The van der Waals surface area contributed by atoms with Crippen molar-refractivity contribution >= 4 is 5.97 Å². The highest BCUT2D eigenvalue weighted by molar-refractivity contribution is 5.72. The smallest absolute Gasteiger partial charge is 0.309 e. The number of hydrogen-bond acceptors (Lipinski definition) is 3. The second-order valence-corrected chi connectivity index (χ2v) is 4.62. The molecule has 1 aliphatic rings. The summed E-state index contributed by atoms with van der Waals surface area (Å²) in [5, 5.41) is 3.45. The summed E-state index contributed by atoms with van der Waals surface area (Å²) in [7, 11) is 1.43. The highest BCUT2D eigenvalue weighted by Crippen LogP contribution is 2.30. The maximum atomic E-state index is 11.3. The van der Waals surface area contributed by atoms with Crippen LogP contribution in [-0.4, -0.2) is 19.6 Å². The first-order chi connectivity index (χ1) is 8.22. The largest absolute Gasteiger partial charge is 0.469 e. The standard InChI is InChI=1S/C14H19NO2/c1-10(14(16)17-2)9-15-13-8-7-11-5-3-4-6-12(11)13/h3-6,10,13,15H,7-9H2,1-2H3. The number of fused-ring (bicyclic) bond motifs is 1. The number of ether oxygens (including phenoxy) is 1. The fraction of sp³-hybridized carbons (Fsp3) is 0.500. The average molecular weight is 233 g/mol. The highest BCUT2D eigenvalue weighted by atomic mass is 16.5. The molecule has 0 aromatic heterocycles. The van der Waals surface area contributed by atoms with Crippen LogP contribution in [0.3, 0.4) is 0 Å². The van der Waals surface area contributed by atoms with Crippen LogP contribution in [0.1, 0.15) is 30.5 Å². The summed E-state index contributed by atoms with van der Waals surface area (Å²) in [6.07, 6.45) is 2.24. The Morgan fingerprint density at radius 2 is 2.29 bits per heavy atom. The molecule has 2 rings (SSSR count). The predicted molar refractivity (Wildman–Crippen MR) is 66.7 cm³/mol. The Morgan fingerprint density at radius 3 is 3.06 bits per heavy atom. The second-order valence-electron chi connectivity index (χ2n) is 4.62. The van der Waals surface area contributed by atoms with Gasteiger partial charge in [-0.3, -0.25) is 4.79 Å². The number of aryl methyl sites for hydroxylation is 1. The summed E-state index contributed by atoms with van der Waals surface area (Å²) in [6, 6.07) is 8.89. The van der Waals surface area contributed by atoms with E-state index in [0.29, 0.717) is 12.6 Å². The van der Waals surface area contributed by atoms with Gasteiger partial charge in [0, 0.05) is 12.6 Å². The minimum absolute atomic E-state index is 0.0900. The van der Waals surface area contributed by atoms with Gasteiger partial charge in [0.05, 0.1) is 13.0 Å². The second kappa shape index (κ2) is 5.32. The number of methoxy groups -OCH3 is 1. The molecule has 17 heavy (non-hydrogen) atoms. The van der Waals surface area contributed by atoms with Crippen LogP contribution in [-0.2, 0) is 16.0 Å². The first-order valence-corrected chi connectivity index (χ1v) is 6.11. The molecule has 2 unspecified atom stereocenters.